The second kappa shape index (κ2) is 8.87. The number of likely N-dealkylation sites (tertiary alicyclic amines) is 1. The summed E-state index contributed by atoms with van der Waals surface area (Å²) in [6, 6.07) is 19.3. The van der Waals surface area contributed by atoms with Crippen LogP contribution in [0.15, 0.2) is 54.6 Å². The van der Waals surface area contributed by atoms with Crippen LogP contribution < -0.4 is 5.73 Å². The Labute approximate surface area is 167 Å². The van der Waals surface area contributed by atoms with Gasteiger partial charge < -0.3 is 10.3 Å². The smallest absolute Gasteiger partial charge is 0.124 e. The molecule has 0 spiro atoms. The van der Waals surface area contributed by atoms with Crippen LogP contribution in [0.5, 0.6) is 0 Å². The molecule has 0 unspecified atom stereocenters. The third-order valence-electron chi connectivity index (χ3n) is 5.59. The zero-order chi connectivity index (χ0) is 17.9. The van der Waals surface area contributed by atoms with E-state index in [2.05, 4.69) is 71.0 Å². The van der Waals surface area contributed by atoms with E-state index in [1.54, 1.807) is 0 Å². The summed E-state index contributed by atoms with van der Waals surface area (Å²) in [7, 11) is 0. The molecule has 0 amide bonds. The molecule has 27 heavy (non-hydrogen) atoms. The predicted octanol–water partition coefficient (Wildman–Crippen LogP) is 4.04. The predicted molar refractivity (Wildman–Crippen MR) is 114 cm³/mol. The highest BCUT2D eigenvalue weighted by atomic mass is 35.5. The van der Waals surface area contributed by atoms with Crippen LogP contribution in [-0.2, 0) is 13.1 Å². The highest BCUT2D eigenvalue weighted by Gasteiger charge is 2.33. The van der Waals surface area contributed by atoms with Crippen molar-refractivity contribution in [2.45, 2.75) is 32.4 Å². The number of para-hydroxylation sites is 2. The average molecular weight is 385 g/mol. The van der Waals surface area contributed by atoms with E-state index in [0.29, 0.717) is 11.8 Å². The Kier molecular flexibility index (Phi) is 6.53. The quantitative estimate of drug-likeness (QED) is 0.697. The molecular weight excluding hydrogens is 356 g/mol. The Morgan fingerprint density at radius 2 is 1.78 bits per heavy atom. The first kappa shape index (κ1) is 19.9. The zero-order valence-corrected chi connectivity index (χ0v) is 16.7. The van der Waals surface area contributed by atoms with E-state index < -0.39 is 0 Å². The van der Waals surface area contributed by atoms with Gasteiger partial charge in [-0.1, -0.05) is 49.4 Å². The van der Waals surface area contributed by atoms with Crippen LogP contribution in [-0.4, -0.2) is 34.1 Å². The van der Waals surface area contributed by atoms with Gasteiger partial charge in [0.05, 0.1) is 17.6 Å². The van der Waals surface area contributed by atoms with Crippen molar-refractivity contribution in [3.8, 4) is 0 Å². The van der Waals surface area contributed by atoms with Crippen LogP contribution in [0.1, 0.15) is 30.7 Å². The molecule has 144 valence electrons. The van der Waals surface area contributed by atoms with Gasteiger partial charge in [0.2, 0.25) is 0 Å². The number of imidazole rings is 1. The Morgan fingerprint density at radius 3 is 2.52 bits per heavy atom. The summed E-state index contributed by atoms with van der Waals surface area (Å²) in [6.07, 6.45) is 1.12. The maximum atomic E-state index is 6.11. The van der Waals surface area contributed by atoms with E-state index in [9.17, 15) is 0 Å². The molecular formula is C22H29ClN4. The van der Waals surface area contributed by atoms with Crippen molar-refractivity contribution < 1.29 is 0 Å². The standard InChI is InChI=1S/C22H28N4.ClH/c1-2-12-26-21-11-7-6-10-20(21)24-22(26)16-25-14-18(13-23)19(15-25)17-8-4-3-5-9-17;/h3-11,18-19H,2,12-16,23H2,1H3;1H/t18-,19+;/m1./s1. The van der Waals surface area contributed by atoms with E-state index in [4.69, 9.17) is 10.7 Å². The minimum absolute atomic E-state index is 0. The minimum atomic E-state index is 0. The molecule has 2 atom stereocenters. The van der Waals surface area contributed by atoms with Crippen molar-refractivity contribution in [2.24, 2.45) is 11.7 Å². The lowest BCUT2D eigenvalue weighted by molar-refractivity contribution is 0.303. The molecule has 1 aromatic heterocycles. The Bertz CT molecular complexity index is 861. The number of hydrogen-bond donors (Lipinski definition) is 1. The highest BCUT2D eigenvalue weighted by molar-refractivity contribution is 5.85. The molecule has 2 N–H and O–H groups in total. The summed E-state index contributed by atoms with van der Waals surface area (Å²) in [5, 5.41) is 0. The van der Waals surface area contributed by atoms with Gasteiger partial charge in [0.1, 0.15) is 5.82 Å². The monoisotopic (exact) mass is 384 g/mol. The number of nitrogens with zero attached hydrogens (tertiary/aromatic N) is 3. The Hall–Kier alpha value is -1.88. The number of aryl methyl sites for hydroxylation is 1. The van der Waals surface area contributed by atoms with Crippen LogP contribution in [0, 0.1) is 5.92 Å². The van der Waals surface area contributed by atoms with E-state index in [-0.39, 0.29) is 12.4 Å². The Morgan fingerprint density at radius 1 is 1.04 bits per heavy atom. The Balaban J connectivity index is 0.00000210. The molecule has 4 nitrogen and oxygen atoms in total. The molecule has 0 saturated carbocycles. The van der Waals surface area contributed by atoms with Crippen LogP contribution in [0.3, 0.4) is 0 Å². The van der Waals surface area contributed by atoms with E-state index in [1.807, 2.05) is 0 Å². The van der Waals surface area contributed by atoms with Crippen LogP contribution in [0.4, 0.5) is 0 Å². The van der Waals surface area contributed by atoms with Crippen molar-refractivity contribution in [3.05, 3.63) is 66.0 Å². The summed E-state index contributed by atoms with van der Waals surface area (Å²) >= 11 is 0. The lowest BCUT2D eigenvalue weighted by atomic mass is 9.89. The first-order chi connectivity index (χ1) is 12.8. The van der Waals surface area contributed by atoms with E-state index in [1.165, 1.54) is 16.9 Å². The van der Waals surface area contributed by atoms with Gasteiger partial charge in [0, 0.05) is 25.6 Å². The van der Waals surface area contributed by atoms with Crippen molar-refractivity contribution in [1.82, 2.24) is 14.5 Å². The molecule has 1 aliphatic heterocycles. The lowest BCUT2D eigenvalue weighted by Crippen LogP contribution is -2.24. The number of benzene rings is 2. The first-order valence-electron chi connectivity index (χ1n) is 9.71. The van der Waals surface area contributed by atoms with Gasteiger partial charge in [-0.3, -0.25) is 4.90 Å². The molecule has 2 heterocycles. The van der Waals surface area contributed by atoms with Gasteiger partial charge in [-0.05, 0) is 36.6 Å². The molecule has 4 rings (SSSR count). The number of aromatic nitrogens is 2. The molecule has 1 saturated heterocycles. The highest BCUT2D eigenvalue weighted by Crippen LogP contribution is 2.33. The molecule has 1 aliphatic rings. The molecule has 0 aliphatic carbocycles. The first-order valence-corrected chi connectivity index (χ1v) is 9.71. The minimum Gasteiger partial charge on any atom is -0.330 e. The second-order valence-electron chi connectivity index (χ2n) is 7.38. The molecule has 2 aromatic carbocycles. The number of hydrogen-bond acceptors (Lipinski definition) is 3. The van der Waals surface area contributed by atoms with Gasteiger partial charge in [-0.15, -0.1) is 12.4 Å². The van der Waals surface area contributed by atoms with Crippen molar-refractivity contribution in [2.75, 3.05) is 19.6 Å². The fourth-order valence-electron chi connectivity index (χ4n) is 4.33. The molecule has 0 radical (unpaired) electrons. The average Bonchev–Trinajstić information content (AvgIpc) is 3.25. The number of nitrogens with two attached hydrogens (primary N) is 1. The number of fused-ring (bicyclic) bond motifs is 1. The maximum absolute atomic E-state index is 6.11. The SMILES string of the molecule is CCCn1c(CN2C[C@@H](CN)[C@H](c3ccccc3)C2)nc2ccccc21.Cl. The maximum Gasteiger partial charge on any atom is 0.124 e. The largest absolute Gasteiger partial charge is 0.330 e. The summed E-state index contributed by atoms with van der Waals surface area (Å²) in [5.41, 5.74) is 9.87. The van der Waals surface area contributed by atoms with Gasteiger partial charge in [0.25, 0.3) is 0 Å². The molecule has 3 aromatic rings. The van der Waals surface area contributed by atoms with Gasteiger partial charge in [-0.25, -0.2) is 4.98 Å². The lowest BCUT2D eigenvalue weighted by Gasteiger charge is -2.17. The van der Waals surface area contributed by atoms with E-state index >= 15 is 0 Å². The fraction of sp³-hybridized carbons (Fsp3) is 0.409. The van der Waals surface area contributed by atoms with Crippen LogP contribution in [0.25, 0.3) is 11.0 Å². The third kappa shape index (κ3) is 4.03. The van der Waals surface area contributed by atoms with Gasteiger partial charge in [-0.2, -0.15) is 0 Å². The number of halogens is 1. The van der Waals surface area contributed by atoms with Crippen molar-refractivity contribution in [1.29, 1.82) is 0 Å². The topological polar surface area (TPSA) is 47.1 Å². The number of rotatable bonds is 6. The molecule has 5 heteroatoms. The second-order valence-corrected chi connectivity index (χ2v) is 7.38. The normalized spacial score (nSPS) is 20.1. The molecule has 0 bridgehead atoms. The zero-order valence-electron chi connectivity index (χ0n) is 15.9. The molecule has 1 fully saturated rings. The summed E-state index contributed by atoms with van der Waals surface area (Å²) in [5.74, 6) is 2.21. The third-order valence-corrected chi connectivity index (χ3v) is 5.59. The summed E-state index contributed by atoms with van der Waals surface area (Å²) < 4.78 is 2.39. The van der Waals surface area contributed by atoms with Gasteiger partial charge >= 0.3 is 0 Å². The summed E-state index contributed by atoms with van der Waals surface area (Å²) in [4.78, 5) is 7.46. The van der Waals surface area contributed by atoms with E-state index in [0.717, 1.165) is 44.7 Å². The van der Waals surface area contributed by atoms with Gasteiger partial charge in [0.15, 0.2) is 0 Å². The van der Waals surface area contributed by atoms with Crippen molar-refractivity contribution >= 4 is 23.4 Å². The van der Waals surface area contributed by atoms with Crippen LogP contribution >= 0.6 is 12.4 Å². The van der Waals surface area contributed by atoms with Crippen LogP contribution in [0.2, 0.25) is 0 Å². The van der Waals surface area contributed by atoms with Crippen molar-refractivity contribution in [3.63, 3.8) is 0 Å². The summed E-state index contributed by atoms with van der Waals surface area (Å²) in [6.45, 7) is 6.99. The fourth-order valence-corrected chi connectivity index (χ4v) is 4.33.